The van der Waals surface area contributed by atoms with Crippen molar-refractivity contribution in [2.24, 2.45) is 0 Å². The van der Waals surface area contributed by atoms with Gasteiger partial charge in [-0.1, -0.05) is 26.0 Å². The highest BCUT2D eigenvalue weighted by Gasteiger charge is 2.11. The minimum atomic E-state index is -0.165. The number of hydrogen-bond donors (Lipinski definition) is 1. The first-order valence-electron chi connectivity index (χ1n) is 8.88. The van der Waals surface area contributed by atoms with Crippen LogP contribution in [0.5, 0.6) is 5.75 Å². The van der Waals surface area contributed by atoms with Crippen molar-refractivity contribution in [2.45, 2.75) is 33.2 Å². The standard InChI is InChI=1S/C21H23N3O2S/c1-14(2)18-7-6-15(3)9-19(18)26-12-20(25)23-11-17-13-27-21(24-17)16-5-4-8-22-10-16/h4-10,13-14H,11-12H2,1-3H3,(H,23,25). The average Bonchev–Trinajstić information content (AvgIpc) is 3.14. The van der Waals surface area contributed by atoms with E-state index >= 15 is 0 Å². The number of carbonyl (C=O) groups is 1. The highest BCUT2D eigenvalue weighted by Crippen LogP contribution is 2.27. The number of aryl methyl sites for hydroxylation is 1. The summed E-state index contributed by atoms with van der Waals surface area (Å²) in [4.78, 5) is 20.8. The van der Waals surface area contributed by atoms with E-state index in [1.165, 1.54) is 11.3 Å². The zero-order valence-electron chi connectivity index (χ0n) is 15.7. The molecule has 0 radical (unpaired) electrons. The average molecular weight is 382 g/mol. The molecule has 2 aromatic heterocycles. The molecule has 27 heavy (non-hydrogen) atoms. The second-order valence-corrected chi connectivity index (χ2v) is 7.51. The zero-order valence-corrected chi connectivity index (χ0v) is 16.5. The number of nitrogens with zero attached hydrogens (tertiary/aromatic N) is 2. The fourth-order valence-electron chi connectivity index (χ4n) is 2.64. The minimum Gasteiger partial charge on any atom is -0.483 e. The molecule has 6 heteroatoms. The quantitative estimate of drug-likeness (QED) is 0.661. The van der Waals surface area contributed by atoms with Crippen LogP contribution in [0.1, 0.15) is 36.6 Å². The lowest BCUT2D eigenvalue weighted by atomic mass is 10.0. The molecular weight excluding hydrogens is 358 g/mol. The van der Waals surface area contributed by atoms with Crippen LogP contribution in [0, 0.1) is 6.92 Å². The first-order valence-corrected chi connectivity index (χ1v) is 9.75. The number of amides is 1. The van der Waals surface area contributed by atoms with E-state index < -0.39 is 0 Å². The molecule has 2 heterocycles. The van der Waals surface area contributed by atoms with Crippen molar-refractivity contribution in [3.63, 3.8) is 0 Å². The van der Waals surface area contributed by atoms with E-state index in [1.54, 1.807) is 12.4 Å². The Morgan fingerprint density at radius 1 is 1.30 bits per heavy atom. The fraction of sp³-hybridized carbons (Fsp3) is 0.286. The summed E-state index contributed by atoms with van der Waals surface area (Å²) >= 11 is 1.54. The molecule has 0 aliphatic carbocycles. The van der Waals surface area contributed by atoms with Crippen LogP contribution in [0.4, 0.5) is 0 Å². The highest BCUT2D eigenvalue weighted by atomic mass is 32.1. The topological polar surface area (TPSA) is 64.1 Å². The fourth-order valence-corrected chi connectivity index (χ4v) is 3.45. The van der Waals surface area contributed by atoms with Crippen LogP contribution in [0.15, 0.2) is 48.1 Å². The third-order valence-corrected chi connectivity index (χ3v) is 5.02. The Balaban J connectivity index is 1.54. The number of carbonyl (C=O) groups excluding carboxylic acids is 1. The van der Waals surface area contributed by atoms with Crippen molar-refractivity contribution in [2.75, 3.05) is 6.61 Å². The highest BCUT2D eigenvalue weighted by molar-refractivity contribution is 7.13. The molecule has 0 unspecified atom stereocenters. The maximum Gasteiger partial charge on any atom is 0.258 e. The molecule has 3 aromatic rings. The molecule has 0 bridgehead atoms. The van der Waals surface area contributed by atoms with Gasteiger partial charge in [0.05, 0.1) is 12.2 Å². The summed E-state index contributed by atoms with van der Waals surface area (Å²) in [5.41, 5.74) is 4.02. The third kappa shape index (κ3) is 5.14. The van der Waals surface area contributed by atoms with Gasteiger partial charge >= 0.3 is 0 Å². The van der Waals surface area contributed by atoms with Crippen LogP contribution in [0.3, 0.4) is 0 Å². The minimum absolute atomic E-state index is 0.0111. The lowest BCUT2D eigenvalue weighted by molar-refractivity contribution is -0.123. The molecule has 0 fully saturated rings. The molecule has 1 N–H and O–H groups in total. The third-order valence-electron chi connectivity index (χ3n) is 4.08. The van der Waals surface area contributed by atoms with Gasteiger partial charge in [0.15, 0.2) is 6.61 Å². The van der Waals surface area contributed by atoms with Gasteiger partial charge in [-0.2, -0.15) is 0 Å². The van der Waals surface area contributed by atoms with E-state index in [0.717, 1.165) is 33.1 Å². The number of ether oxygens (including phenoxy) is 1. The molecule has 0 aliphatic heterocycles. The van der Waals surface area contributed by atoms with E-state index in [0.29, 0.717) is 12.5 Å². The Bertz CT molecular complexity index is 907. The number of nitrogens with one attached hydrogen (secondary N) is 1. The molecule has 3 rings (SSSR count). The number of rotatable bonds is 7. The summed E-state index contributed by atoms with van der Waals surface area (Å²) in [7, 11) is 0. The molecule has 0 saturated carbocycles. The number of pyridine rings is 1. The Morgan fingerprint density at radius 2 is 2.15 bits per heavy atom. The van der Waals surface area contributed by atoms with E-state index in [2.05, 4.69) is 41.3 Å². The predicted molar refractivity (Wildman–Crippen MR) is 108 cm³/mol. The van der Waals surface area contributed by atoms with E-state index in [-0.39, 0.29) is 12.5 Å². The number of aromatic nitrogens is 2. The van der Waals surface area contributed by atoms with Gasteiger partial charge in [-0.3, -0.25) is 9.78 Å². The van der Waals surface area contributed by atoms with Crippen LogP contribution in [-0.4, -0.2) is 22.5 Å². The maximum absolute atomic E-state index is 12.2. The Hall–Kier alpha value is -2.73. The molecule has 1 amide bonds. The van der Waals surface area contributed by atoms with Crippen molar-refractivity contribution in [1.82, 2.24) is 15.3 Å². The van der Waals surface area contributed by atoms with Gasteiger partial charge in [-0.05, 0) is 42.2 Å². The SMILES string of the molecule is Cc1ccc(C(C)C)c(OCC(=O)NCc2csc(-c3cccnc3)n2)c1. The number of thiazole rings is 1. The van der Waals surface area contributed by atoms with E-state index in [1.807, 2.05) is 30.5 Å². The Labute approximate surface area is 163 Å². The first kappa shape index (κ1) is 19.0. The summed E-state index contributed by atoms with van der Waals surface area (Å²) in [6.07, 6.45) is 3.51. The zero-order chi connectivity index (χ0) is 19.2. The van der Waals surface area contributed by atoms with Gasteiger partial charge < -0.3 is 10.1 Å². The van der Waals surface area contributed by atoms with Crippen LogP contribution in [0.2, 0.25) is 0 Å². The van der Waals surface area contributed by atoms with Crippen molar-refractivity contribution in [3.05, 3.63) is 64.9 Å². The summed E-state index contributed by atoms with van der Waals surface area (Å²) in [6.45, 7) is 6.60. The van der Waals surface area contributed by atoms with Crippen molar-refractivity contribution in [1.29, 1.82) is 0 Å². The Kier molecular flexibility index (Phi) is 6.19. The smallest absolute Gasteiger partial charge is 0.258 e. The molecule has 5 nitrogen and oxygen atoms in total. The van der Waals surface area contributed by atoms with Gasteiger partial charge in [0.1, 0.15) is 10.8 Å². The molecular formula is C21H23N3O2S. The van der Waals surface area contributed by atoms with Gasteiger partial charge in [0.25, 0.3) is 5.91 Å². The second-order valence-electron chi connectivity index (χ2n) is 6.65. The predicted octanol–water partition coefficient (Wildman–Crippen LogP) is 4.33. The monoisotopic (exact) mass is 381 g/mol. The van der Waals surface area contributed by atoms with E-state index in [9.17, 15) is 4.79 Å². The normalized spacial score (nSPS) is 10.8. The lowest BCUT2D eigenvalue weighted by Crippen LogP contribution is -2.28. The summed E-state index contributed by atoms with van der Waals surface area (Å²) in [5, 5.41) is 5.70. The van der Waals surface area contributed by atoms with Crippen molar-refractivity contribution < 1.29 is 9.53 Å². The van der Waals surface area contributed by atoms with Crippen LogP contribution in [0.25, 0.3) is 10.6 Å². The molecule has 0 spiro atoms. The van der Waals surface area contributed by atoms with Gasteiger partial charge in [-0.25, -0.2) is 4.98 Å². The van der Waals surface area contributed by atoms with Gasteiger partial charge in [0.2, 0.25) is 0 Å². The molecule has 140 valence electrons. The van der Waals surface area contributed by atoms with Gasteiger partial charge in [-0.15, -0.1) is 11.3 Å². The van der Waals surface area contributed by atoms with Crippen LogP contribution >= 0.6 is 11.3 Å². The summed E-state index contributed by atoms with van der Waals surface area (Å²) < 4.78 is 5.77. The summed E-state index contributed by atoms with van der Waals surface area (Å²) in [6, 6.07) is 9.94. The number of hydrogen-bond acceptors (Lipinski definition) is 5. The lowest BCUT2D eigenvalue weighted by Gasteiger charge is -2.14. The maximum atomic E-state index is 12.2. The second kappa shape index (κ2) is 8.77. The van der Waals surface area contributed by atoms with Gasteiger partial charge in [0, 0.05) is 23.3 Å². The first-order chi connectivity index (χ1) is 13.0. The van der Waals surface area contributed by atoms with Crippen molar-refractivity contribution in [3.8, 4) is 16.3 Å². The molecule has 0 atom stereocenters. The number of benzene rings is 1. The molecule has 1 aromatic carbocycles. The van der Waals surface area contributed by atoms with E-state index in [4.69, 9.17) is 4.74 Å². The van der Waals surface area contributed by atoms with Crippen LogP contribution in [-0.2, 0) is 11.3 Å². The van der Waals surface area contributed by atoms with Crippen LogP contribution < -0.4 is 10.1 Å². The molecule has 0 saturated heterocycles. The summed E-state index contributed by atoms with van der Waals surface area (Å²) in [5.74, 6) is 0.944. The van der Waals surface area contributed by atoms with Crippen molar-refractivity contribution >= 4 is 17.2 Å². The largest absolute Gasteiger partial charge is 0.483 e. The Morgan fingerprint density at radius 3 is 2.89 bits per heavy atom. The molecule has 0 aliphatic rings.